The van der Waals surface area contributed by atoms with E-state index in [4.69, 9.17) is 9.40 Å². The van der Waals surface area contributed by atoms with E-state index in [1.165, 1.54) is 0 Å². The zero-order valence-corrected chi connectivity index (χ0v) is 13.5. The summed E-state index contributed by atoms with van der Waals surface area (Å²) in [6, 6.07) is 17.1. The molecule has 0 saturated carbocycles. The Balaban J connectivity index is 1.60. The zero-order valence-electron chi connectivity index (χ0n) is 13.5. The van der Waals surface area contributed by atoms with Crippen LogP contribution in [0.4, 0.5) is 6.01 Å². The lowest BCUT2D eigenvalue weighted by Crippen LogP contribution is -2.25. The van der Waals surface area contributed by atoms with Crippen LogP contribution in [0.5, 0.6) is 0 Å². The quantitative estimate of drug-likeness (QED) is 0.559. The van der Waals surface area contributed by atoms with Crippen LogP contribution in [0, 0.1) is 0 Å². The summed E-state index contributed by atoms with van der Waals surface area (Å²) in [5.74, 6) is 1.08. The number of aryl methyl sites for hydroxylation is 1. The molecule has 1 saturated heterocycles. The first kappa shape index (κ1) is 13.6. The Morgan fingerprint density at radius 1 is 1.00 bits per heavy atom. The van der Waals surface area contributed by atoms with Gasteiger partial charge in [0, 0.05) is 13.6 Å². The van der Waals surface area contributed by atoms with Crippen LogP contribution in [-0.4, -0.2) is 21.1 Å². The summed E-state index contributed by atoms with van der Waals surface area (Å²) in [6.07, 6.45) is 2.18. The highest BCUT2D eigenvalue weighted by Crippen LogP contribution is 2.37. The van der Waals surface area contributed by atoms with E-state index in [9.17, 15) is 0 Å². The lowest BCUT2D eigenvalue weighted by molar-refractivity contribution is 0.541. The van der Waals surface area contributed by atoms with Gasteiger partial charge in [-0.3, -0.25) is 0 Å². The van der Waals surface area contributed by atoms with E-state index in [0.717, 1.165) is 47.3 Å². The molecule has 5 rings (SSSR count). The summed E-state index contributed by atoms with van der Waals surface area (Å²) >= 11 is 0. The van der Waals surface area contributed by atoms with Crippen LogP contribution in [0.1, 0.15) is 24.7 Å². The number of hydrogen-bond acceptors (Lipinski definition) is 4. The molecule has 4 aromatic rings. The molecule has 5 heteroatoms. The Morgan fingerprint density at radius 2 is 1.79 bits per heavy atom. The number of rotatable bonds is 2. The third-order valence-electron chi connectivity index (χ3n) is 4.90. The van der Waals surface area contributed by atoms with Gasteiger partial charge in [0.05, 0.1) is 17.1 Å². The van der Waals surface area contributed by atoms with Crippen molar-refractivity contribution in [3.8, 4) is 0 Å². The normalized spacial score (nSPS) is 18.0. The Kier molecular flexibility index (Phi) is 2.89. The number of anilines is 1. The molecule has 0 amide bonds. The van der Waals surface area contributed by atoms with Gasteiger partial charge in [-0.05, 0) is 37.1 Å². The van der Waals surface area contributed by atoms with Gasteiger partial charge in [-0.25, -0.2) is 4.98 Å². The van der Waals surface area contributed by atoms with Crippen molar-refractivity contribution < 1.29 is 4.42 Å². The third-order valence-corrected chi connectivity index (χ3v) is 4.90. The number of aromatic nitrogens is 3. The molecule has 120 valence electrons. The van der Waals surface area contributed by atoms with Gasteiger partial charge in [0.1, 0.15) is 11.3 Å². The minimum Gasteiger partial charge on any atom is -0.423 e. The topological polar surface area (TPSA) is 47.1 Å². The first-order valence-electron chi connectivity index (χ1n) is 8.35. The average molecular weight is 318 g/mol. The molecular weight excluding hydrogens is 300 g/mol. The summed E-state index contributed by atoms with van der Waals surface area (Å²) in [5.41, 5.74) is 3.95. The highest BCUT2D eigenvalue weighted by molar-refractivity contribution is 5.76. The summed E-state index contributed by atoms with van der Waals surface area (Å²) in [4.78, 5) is 11.8. The molecule has 2 aromatic heterocycles. The Bertz CT molecular complexity index is 999. The van der Waals surface area contributed by atoms with Gasteiger partial charge in [0.15, 0.2) is 5.58 Å². The number of fused-ring (bicyclic) bond motifs is 2. The molecule has 0 spiro atoms. The van der Waals surface area contributed by atoms with E-state index in [2.05, 4.69) is 39.7 Å². The fourth-order valence-electron chi connectivity index (χ4n) is 3.71. The number of benzene rings is 2. The molecule has 0 bridgehead atoms. The number of nitrogens with zero attached hydrogens (tertiary/aromatic N) is 4. The van der Waals surface area contributed by atoms with Gasteiger partial charge in [0.25, 0.3) is 6.01 Å². The lowest BCUT2D eigenvalue weighted by Gasteiger charge is -2.22. The summed E-state index contributed by atoms with van der Waals surface area (Å²) in [5, 5.41) is 0. The maximum Gasteiger partial charge on any atom is 0.299 e. The third kappa shape index (κ3) is 1.94. The van der Waals surface area contributed by atoms with Crippen molar-refractivity contribution in [3.05, 3.63) is 54.4 Å². The minimum absolute atomic E-state index is 0.204. The predicted octanol–water partition coefficient (Wildman–Crippen LogP) is 4.06. The molecule has 1 atom stereocenters. The van der Waals surface area contributed by atoms with Crippen molar-refractivity contribution >= 4 is 28.1 Å². The SMILES string of the molecule is Cn1c(C2CCCN2c2nc3ccccc3o2)nc2ccccc21. The molecule has 2 aromatic carbocycles. The number of hydrogen-bond donors (Lipinski definition) is 0. The van der Waals surface area contributed by atoms with Gasteiger partial charge < -0.3 is 13.9 Å². The monoisotopic (exact) mass is 318 g/mol. The standard InChI is InChI=1S/C19H18N4O/c1-22-15-9-4-2-7-13(15)20-18(22)16-10-6-12-23(16)19-21-14-8-3-5-11-17(14)24-19/h2-5,7-9,11,16H,6,10,12H2,1H3. The van der Waals surface area contributed by atoms with E-state index in [0.29, 0.717) is 6.01 Å². The molecule has 3 heterocycles. The molecule has 0 N–H and O–H groups in total. The lowest BCUT2D eigenvalue weighted by atomic mass is 10.2. The Labute approximate surface area is 139 Å². The first-order chi connectivity index (χ1) is 11.8. The summed E-state index contributed by atoms with van der Waals surface area (Å²) in [6.45, 7) is 0.945. The van der Waals surface area contributed by atoms with Crippen LogP contribution in [0.15, 0.2) is 52.9 Å². The van der Waals surface area contributed by atoms with Crippen LogP contribution in [0.25, 0.3) is 22.1 Å². The van der Waals surface area contributed by atoms with E-state index < -0.39 is 0 Å². The Hall–Kier alpha value is -2.82. The largest absolute Gasteiger partial charge is 0.423 e. The molecule has 5 nitrogen and oxygen atoms in total. The van der Waals surface area contributed by atoms with E-state index >= 15 is 0 Å². The van der Waals surface area contributed by atoms with Crippen molar-refractivity contribution in [2.24, 2.45) is 7.05 Å². The molecule has 1 unspecified atom stereocenters. The molecule has 1 aliphatic heterocycles. The van der Waals surface area contributed by atoms with Crippen molar-refractivity contribution in [2.45, 2.75) is 18.9 Å². The maximum atomic E-state index is 6.00. The van der Waals surface area contributed by atoms with Crippen molar-refractivity contribution in [3.63, 3.8) is 0 Å². The van der Waals surface area contributed by atoms with Crippen LogP contribution < -0.4 is 4.90 Å². The fraction of sp³-hybridized carbons (Fsp3) is 0.263. The molecule has 1 fully saturated rings. The second-order valence-electron chi connectivity index (χ2n) is 6.33. The molecular formula is C19H18N4O. The van der Waals surface area contributed by atoms with E-state index in [-0.39, 0.29) is 6.04 Å². The number of oxazole rings is 1. The molecule has 0 aliphatic carbocycles. The van der Waals surface area contributed by atoms with Gasteiger partial charge in [0.2, 0.25) is 0 Å². The van der Waals surface area contributed by atoms with Crippen LogP contribution >= 0.6 is 0 Å². The summed E-state index contributed by atoms with van der Waals surface area (Å²) in [7, 11) is 2.09. The van der Waals surface area contributed by atoms with Crippen molar-refractivity contribution in [1.82, 2.24) is 14.5 Å². The number of para-hydroxylation sites is 4. The van der Waals surface area contributed by atoms with Crippen LogP contribution in [-0.2, 0) is 7.05 Å². The number of imidazole rings is 1. The van der Waals surface area contributed by atoms with E-state index in [1.807, 2.05) is 30.3 Å². The predicted molar refractivity (Wildman–Crippen MR) is 94.0 cm³/mol. The van der Waals surface area contributed by atoms with Crippen LogP contribution in [0.3, 0.4) is 0 Å². The fourth-order valence-corrected chi connectivity index (χ4v) is 3.71. The van der Waals surface area contributed by atoms with Crippen molar-refractivity contribution in [2.75, 3.05) is 11.4 Å². The smallest absolute Gasteiger partial charge is 0.299 e. The maximum absolute atomic E-state index is 6.00. The Morgan fingerprint density at radius 3 is 2.62 bits per heavy atom. The minimum atomic E-state index is 0.204. The van der Waals surface area contributed by atoms with Gasteiger partial charge in [-0.2, -0.15) is 4.98 Å². The van der Waals surface area contributed by atoms with Crippen molar-refractivity contribution in [1.29, 1.82) is 0 Å². The molecule has 24 heavy (non-hydrogen) atoms. The molecule has 1 aliphatic rings. The van der Waals surface area contributed by atoms with Gasteiger partial charge in [-0.15, -0.1) is 0 Å². The summed E-state index contributed by atoms with van der Waals surface area (Å²) < 4.78 is 8.19. The van der Waals surface area contributed by atoms with Gasteiger partial charge >= 0.3 is 0 Å². The second-order valence-corrected chi connectivity index (χ2v) is 6.33. The second kappa shape index (κ2) is 5.09. The first-order valence-corrected chi connectivity index (χ1v) is 8.35. The van der Waals surface area contributed by atoms with E-state index in [1.54, 1.807) is 0 Å². The molecule has 0 radical (unpaired) electrons. The van der Waals surface area contributed by atoms with Gasteiger partial charge in [-0.1, -0.05) is 24.3 Å². The zero-order chi connectivity index (χ0) is 16.1. The highest BCUT2D eigenvalue weighted by atomic mass is 16.4. The highest BCUT2D eigenvalue weighted by Gasteiger charge is 2.32. The van der Waals surface area contributed by atoms with Crippen LogP contribution in [0.2, 0.25) is 0 Å². The average Bonchev–Trinajstić information content (AvgIpc) is 3.31.